The van der Waals surface area contributed by atoms with Gasteiger partial charge in [-0.15, -0.1) is 0 Å². The van der Waals surface area contributed by atoms with Crippen molar-refractivity contribution in [2.24, 2.45) is 20.0 Å². The Hall–Kier alpha value is -3.85. The van der Waals surface area contributed by atoms with Crippen LogP contribution in [0.25, 0.3) is 33.2 Å². The van der Waals surface area contributed by atoms with Gasteiger partial charge >= 0.3 is 0 Å². The van der Waals surface area contributed by atoms with E-state index in [9.17, 15) is 4.79 Å². The summed E-state index contributed by atoms with van der Waals surface area (Å²) >= 11 is 7.02. The SMILES string of the molecule is COc1ccc(Cn2nc3nc(N4[C@@H]5CC[C@H]4CC(C)C5)n(C)c(=O)c3c2-c2ccc3nn(C)cc3c2Cl)cc1. The molecule has 0 spiro atoms. The number of anilines is 1. The molecule has 2 aliphatic rings. The van der Waals surface area contributed by atoms with Gasteiger partial charge in [0, 0.05) is 43.3 Å². The topological polar surface area (TPSA) is 83.0 Å². The number of methoxy groups -OCH3 is 1. The fourth-order valence-corrected chi connectivity index (χ4v) is 7.11. The molecule has 2 fully saturated rings. The molecule has 0 amide bonds. The van der Waals surface area contributed by atoms with Gasteiger partial charge < -0.3 is 9.64 Å². The van der Waals surface area contributed by atoms with Gasteiger partial charge in [-0.05, 0) is 61.4 Å². The average Bonchev–Trinajstić information content (AvgIpc) is 3.58. The van der Waals surface area contributed by atoms with E-state index in [-0.39, 0.29) is 5.56 Å². The third-order valence-electron chi connectivity index (χ3n) is 8.64. The lowest BCUT2D eigenvalue weighted by molar-refractivity contribution is 0.356. The maximum atomic E-state index is 14.2. The van der Waals surface area contributed by atoms with Crippen molar-refractivity contribution in [3.63, 3.8) is 0 Å². The highest BCUT2D eigenvalue weighted by Gasteiger charge is 2.41. The third kappa shape index (κ3) is 3.90. The van der Waals surface area contributed by atoms with Gasteiger partial charge in [0.2, 0.25) is 5.95 Å². The molecule has 0 radical (unpaired) electrons. The van der Waals surface area contributed by atoms with E-state index >= 15 is 0 Å². The molecule has 0 N–H and O–H groups in total. The number of fused-ring (bicyclic) bond motifs is 4. The normalized spacial score (nSPS) is 20.6. The number of aromatic nitrogens is 6. The van der Waals surface area contributed by atoms with Gasteiger partial charge in [0.15, 0.2) is 5.65 Å². The first-order valence-corrected chi connectivity index (χ1v) is 14.2. The Balaban J connectivity index is 1.44. The minimum atomic E-state index is -0.114. The maximum Gasteiger partial charge on any atom is 0.266 e. The number of hydrogen-bond acceptors (Lipinski definition) is 6. The highest BCUT2D eigenvalue weighted by Crippen LogP contribution is 2.42. The summed E-state index contributed by atoms with van der Waals surface area (Å²) in [5.74, 6) is 2.19. The lowest BCUT2D eigenvalue weighted by Crippen LogP contribution is -2.45. The molecule has 40 heavy (non-hydrogen) atoms. The van der Waals surface area contributed by atoms with Crippen molar-refractivity contribution in [1.29, 1.82) is 0 Å². The minimum absolute atomic E-state index is 0.114. The summed E-state index contributed by atoms with van der Waals surface area (Å²) in [7, 11) is 5.35. The lowest BCUT2D eigenvalue weighted by Gasteiger charge is -2.39. The Morgan fingerprint density at radius 1 is 1.02 bits per heavy atom. The molecular weight excluding hydrogens is 526 g/mol. The molecule has 206 valence electrons. The van der Waals surface area contributed by atoms with Crippen LogP contribution in [0, 0.1) is 5.92 Å². The fraction of sp³-hybridized carbons (Fsp3) is 0.400. The quantitative estimate of drug-likeness (QED) is 0.297. The van der Waals surface area contributed by atoms with Crippen LogP contribution in [-0.2, 0) is 20.6 Å². The number of ether oxygens (including phenoxy) is 1. The van der Waals surface area contributed by atoms with Crippen LogP contribution >= 0.6 is 11.6 Å². The van der Waals surface area contributed by atoms with E-state index in [2.05, 4.69) is 16.9 Å². The Morgan fingerprint density at radius 2 is 1.75 bits per heavy atom. The first-order valence-electron chi connectivity index (χ1n) is 13.8. The van der Waals surface area contributed by atoms with Gasteiger partial charge in [-0.1, -0.05) is 30.7 Å². The summed E-state index contributed by atoms with van der Waals surface area (Å²) in [4.78, 5) is 21.6. The molecule has 7 rings (SSSR count). The second-order valence-corrected chi connectivity index (χ2v) is 11.7. The van der Waals surface area contributed by atoms with E-state index < -0.39 is 0 Å². The number of hydrogen-bond donors (Lipinski definition) is 0. The molecule has 0 saturated carbocycles. The minimum Gasteiger partial charge on any atom is -0.497 e. The van der Waals surface area contributed by atoms with Gasteiger partial charge in [-0.25, -0.2) is 0 Å². The van der Waals surface area contributed by atoms with Crippen LogP contribution in [0.4, 0.5) is 5.95 Å². The van der Waals surface area contributed by atoms with Crippen molar-refractivity contribution in [3.8, 4) is 17.0 Å². The molecule has 5 heterocycles. The van der Waals surface area contributed by atoms with Crippen molar-refractivity contribution in [2.75, 3.05) is 12.0 Å². The Labute approximate surface area is 236 Å². The molecule has 2 aliphatic heterocycles. The molecule has 2 aromatic carbocycles. The van der Waals surface area contributed by atoms with E-state index in [0.29, 0.717) is 52.2 Å². The molecule has 1 unspecified atom stereocenters. The molecule has 9 nitrogen and oxygen atoms in total. The summed E-state index contributed by atoms with van der Waals surface area (Å²) in [6.07, 6.45) is 6.43. The van der Waals surface area contributed by atoms with Gasteiger partial charge in [0.25, 0.3) is 5.56 Å². The van der Waals surface area contributed by atoms with Gasteiger partial charge in [0.1, 0.15) is 11.1 Å². The van der Waals surface area contributed by atoms with Gasteiger partial charge in [0.05, 0.1) is 29.9 Å². The fourth-order valence-electron chi connectivity index (χ4n) is 6.81. The maximum absolute atomic E-state index is 14.2. The number of halogens is 1. The Bertz CT molecular complexity index is 1810. The first-order chi connectivity index (χ1) is 19.3. The number of benzene rings is 2. The van der Waals surface area contributed by atoms with Gasteiger partial charge in [-0.3, -0.25) is 18.7 Å². The zero-order chi connectivity index (χ0) is 27.7. The summed E-state index contributed by atoms with van der Waals surface area (Å²) in [5, 5.41) is 11.3. The lowest BCUT2D eigenvalue weighted by atomic mass is 9.93. The highest BCUT2D eigenvalue weighted by molar-refractivity contribution is 6.38. The van der Waals surface area contributed by atoms with Crippen LogP contribution in [-0.4, -0.2) is 48.3 Å². The van der Waals surface area contributed by atoms with Crippen molar-refractivity contribution in [1.82, 2.24) is 29.1 Å². The zero-order valence-electron chi connectivity index (χ0n) is 23.1. The van der Waals surface area contributed by atoms with Crippen LogP contribution in [0.15, 0.2) is 47.4 Å². The van der Waals surface area contributed by atoms with Crippen molar-refractivity contribution in [2.45, 2.75) is 51.2 Å². The van der Waals surface area contributed by atoms with E-state index in [1.165, 1.54) is 0 Å². The number of piperidine rings is 1. The van der Waals surface area contributed by atoms with Crippen LogP contribution in [0.3, 0.4) is 0 Å². The van der Waals surface area contributed by atoms with E-state index in [0.717, 1.165) is 53.5 Å². The summed E-state index contributed by atoms with van der Waals surface area (Å²) in [6.45, 7) is 2.77. The van der Waals surface area contributed by atoms with E-state index in [1.807, 2.05) is 61.4 Å². The molecule has 2 saturated heterocycles. The van der Waals surface area contributed by atoms with Crippen LogP contribution in [0.1, 0.15) is 38.2 Å². The third-order valence-corrected chi connectivity index (χ3v) is 9.05. The number of rotatable bonds is 5. The number of nitrogens with zero attached hydrogens (tertiary/aromatic N) is 7. The molecule has 2 bridgehead atoms. The first kappa shape index (κ1) is 25.1. The van der Waals surface area contributed by atoms with Gasteiger partial charge in [-0.2, -0.15) is 15.2 Å². The number of aryl methyl sites for hydroxylation is 1. The smallest absolute Gasteiger partial charge is 0.266 e. The van der Waals surface area contributed by atoms with Crippen molar-refractivity contribution >= 4 is 39.5 Å². The second kappa shape index (κ2) is 9.37. The zero-order valence-corrected chi connectivity index (χ0v) is 23.9. The molecule has 5 aromatic rings. The monoisotopic (exact) mass is 557 g/mol. The van der Waals surface area contributed by atoms with Crippen molar-refractivity contribution in [3.05, 3.63) is 63.5 Å². The summed E-state index contributed by atoms with van der Waals surface area (Å²) in [6, 6.07) is 12.5. The standard InChI is InChI=1S/C30H32ClN7O2/c1-17-13-19-7-8-20(14-17)38(19)30-32-28-25(29(39)36(30)3)27(22-11-12-24-23(26(22)31)16-35(2)33-24)37(34-28)15-18-5-9-21(40-4)10-6-18/h5-6,9-12,16-17,19-20H,7-8,13-15H2,1-4H3/t17?,19-,20+. The molecule has 0 aliphatic carbocycles. The van der Waals surface area contributed by atoms with E-state index in [4.69, 9.17) is 26.4 Å². The summed E-state index contributed by atoms with van der Waals surface area (Å²) in [5.41, 5.74) is 3.55. The molecule has 10 heteroatoms. The Morgan fingerprint density at radius 3 is 2.45 bits per heavy atom. The molecule has 3 aromatic heterocycles. The molecular formula is C30H32ClN7O2. The van der Waals surface area contributed by atoms with Crippen LogP contribution in [0.5, 0.6) is 5.75 Å². The highest BCUT2D eigenvalue weighted by atomic mass is 35.5. The predicted octanol–water partition coefficient (Wildman–Crippen LogP) is 5.16. The van der Waals surface area contributed by atoms with Crippen molar-refractivity contribution < 1.29 is 4.74 Å². The second-order valence-electron chi connectivity index (χ2n) is 11.4. The Kier molecular flexibility index (Phi) is 5.89. The summed E-state index contributed by atoms with van der Waals surface area (Å²) < 4.78 is 10.7. The molecule has 3 atom stereocenters. The van der Waals surface area contributed by atoms with Crippen LogP contribution < -0.4 is 15.2 Å². The average molecular weight is 558 g/mol. The predicted molar refractivity (Wildman–Crippen MR) is 157 cm³/mol. The largest absolute Gasteiger partial charge is 0.497 e. The van der Waals surface area contributed by atoms with Crippen LogP contribution in [0.2, 0.25) is 5.02 Å². The van der Waals surface area contributed by atoms with E-state index in [1.54, 1.807) is 16.4 Å².